The zero-order chi connectivity index (χ0) is 48.7. The molecular formula is C58H76N4O8. The summed E-state index contributed by atoms with van der Waals surface area (Å²) < 4.78 is 12.4. The molecule has 0 radical (unpaired) electrons. The smallest absolute Gasteiger partial charge is 0.189 e. The first-order chi connectivity index (χ1) is 34.1. The van der Waals surface area contributed by atoms with E-state index < -0.39 is 18.3 Å². The van der Waals surface area contributed by atoms with Crippen molar-refractivity contribution < 1.29 is 40.1 Å². The van der Waals surface area contributed by atoms with Crippen LogP contribution in [0.4, 0.5) is 0 Å². The van der Waals surface area contributed by atoms with Gasteiger partial charge in [0.2, 0.25) is 0 Å². The average molecular weight is 957 g/mol. The number of nitrogens with two attached hydrogens (primary N) is 1. The van der Waals surface area contributed by atoms with Gasteiger partial charge in [0.05, 0.1) is 36.1 Å². The molecular weight excluding hydrogens is 881 g/mol. The van der Waals surface area contributed by atoms with E-state index in [9.17, 15) is 30.6 Å². The highest BCUT2D eigenvalue weighted by Crippen LogP contribution is 2.49. The van der Waals surface area contributed by atoms with E-state index in [0.29, 0.717) is 49.4 Å². The van der Waals surface area contributed by atoms with Crippen LogP contribution in [0.15, 0.2) is 82.0 Å². The number of aryl methyl sites for hydroxylation is 1. The number of phenols is 1. The van der Waals surface area contributed by atoms with Gasteiger partial charge < -0.3 is 51.2 Å². The molecule has 3 aliphatic heterocycles. The van der Waals surface area contributed by atoms with Crippen molar-refractivity contribution >= 4 is 28.6 Å². The molecule has 0 bridgehead atoms. The average Bonchev–Trinajstić information content (AvgIpc) is 4.18. The number of allylic oxidation sites excluding steroid dienone is 1. The van der Waals surface area contributed by atoms with Crippen LogP contribution in [0, 0.1) is 35.6 Å². The summed E-state index contributed by atoms with van der Waals surface area (Å²) >= 11 is 0. The van der Waals surface area contributed by atoms with Crippen molar-refractivity contribution in [3.8, 4) is 11.5 Å². The third-order valence-electron chi connectivity index (χ3n) is 16.0. The molecule has 70 heavy (non-hydrogen) atoms. The zero-order valence-electron chi connectivity index (χ0n) is 41.0. The SMILES string of the molecule is CC(O)CNC(CCCO)C1C2=C[C+](C(O)COc3cc(CCC4=C[C-](CO)C(CCCCCCC(N)CC5C=Cc6c(ccc7cc8c(cc67)=CCN=8)C5O)O4)ccc3O)N=C2CCC2CCCC21. The minimum absolute atomic E-state index is 0.00117. The molecule has 9 N–H and O–H groups in total. The number of hydrogen-bond acceptors (Lipinski definition) is 12. The first-order valence-electron chi connectivity index (χ1n) is 26.4. The fraction of sp³-hybridized carbons (Fsp3) is 0.552. The van der Waals surface area contributed by atoms with Crippen molar-refractivity contribution in [1.82, 2.24) is 5.32 Å². The number of ether oxygens (including phenoxy) is 2. The Balaban J connectivity index is 0.705. The fourth-order valence-corrected chi connectivity index (χ4v) is 12.4. The number of aromatic hydroxyl groups is 1. The molecule has 376 valence electrons. The van der Waals surface area contributed by atoms with Crippen LogP contribution in [-0.4, -0.2) is 99.7 Å². The van der Waals surface area contributed by atoms with Gasteiger partial charge in [-0.15, -0.1) is 4.99 Å². The molecule has 2 saturated carbocycles. The van der Waals surface area contributed by atoms with E-state index >= 15 is 0 Å². The van der Waals surface area contributed by atoms with Crippen LogP contribution < -0.4 is 26.4 Å². The van der Waals surface area contributed by atoms with Gasteiger partial charge in [-0.1, -0.05) is 87.1 Å². The summed E-state index contributed by atoms with van der Waals surface area (Å²) in [6, 6.07) is 14.5. The Labute approximate surface area is 413 Å². The van der Waals surface area contributed by atoms with E-state index in [1.165, 1.54) is 18.4 Å². The molecule has 2 fully saturated rings. The molecule has 3 aliphatic carbocycles. The number of nitrogens with zero attached hydrogens (tertiary/aromatic N) is 2. The number of aliphatic hydroxyl groups is 5. The number of hydrogen-bond donors (Lipinski definition) is 8. The van der Waals surface area contributed by atoms with E-state index in [4.69, 9.17) is 20.2 Å². The Morgan fingerprint density at radius 1 is 1.00 bits per heavy atom. The lowest BCUT2D eigenvalue weighted by Crippen LogP contribution is -2.44. The normalized spacial score (nSPS) is 25.1. The lowest BCUT2D eigenvalue weighted by atomic mass is 9.74. The third kappa shape index (κ3) is 11.7. The molecule has 10 atom stereocenters. The number of fused-ring (bicyclic) bond motifs is 6. The molecule has 3 heterocycles. The first kappa shape index (κ1) is 50.3. The van der Waals surface area contributed by atoms with Crippen molar-refractivity contribution in [2.24, 2.45) is 39.4 Å². The highest BCUT2D eigenvalue weighted by Gasteiger charge is 2.50. The van der Waals surface area contributed by atoms with Crippen LogP contribution >= 0.6 is 0 Å². The second-order valence-corrected chi connectivity index (χ2v) is 21.0. The van der Waals surface area contributed by atoms with Crippen molar-refractivity contribution in [2.45, 2.75) is 146 Å². The van der Waals surface area contributed by atoms with E-state index in [1.807, 2.05) is 18.2 Å². The summed E-state index contributed by atoms with van der Waals surface area (Å²) in [6.07, 6.45) is 23.1. The molecule has 9 rings (SSSR count). The molecule has 12 heteroatoms. The highest BCUT2D eigenvalue weighted by atomic mass is 16.5. The van der Waals surface area contributed by atoms with E-state index in [1.54, 1.807) is 13.0 Å². The van der Waals surface area contributed by atoms with Crippen LogP contribution in [0.2, 0.25) is 0 Å². The number of phenolic OH excluding ortho intramolecular Hbond substituents is 1. The maximum Gasteiger partial charge on any atom is 0.189 e. The lowest BCUT2D eigenvalue weighted by Gasteiger charge is -2.32. The van der Waals surface area contributed by atoms with Gasteiger partial charge in [-0.05, 0) is 127 Å². The second kappa shape index (κ2) is 23.3. The minimum Gasteiger partial charge on any atom is -0.592 e. The number of aliphatic imine (C=N–C) groups is 1. The largest absolute Gasteiger partial charge is 0.592 e. The number of aliphatic hydroxyl groups excluding tert-OH is 5. The van der Waals surface area contributed by atoms with Gasteiger partial charge in [0.15, 0.2) is 29.4 Å². The summed E-state index contributed by atoms with van der Waals surface area (Å²) in [6.45, 7) is 3.00. The van der Waals surface area contributed by atoms with Gasteiger partial charge >= 0.3 is 0 Å². The van der Waals surface area contributed by atoms with Crippen molar-refractivity contribution in [2.75, 3.05) is 32.9 Å². The molecule has 6 aliphatic rings. The highest BCUT2D eigenvalue weighted by molar-refractivity contribution is 6.04. The van der Waals surface area contributed by atoms with Crippen LogP contribution in [-0.2, 0) is 11.2 Å². The Hall–Kier alpha value is -4.66. The summed E-state index contributed by atoms with van der Waals surface area (Å²) in [5.41, 5.74) is 11.9. The van der Waals surface area contributed by atoms with E-state index in [2.05, 4.69) is 58.9 Å². The van der Waals surface area contributed by atoms with Crippen molar-refractivity contribution in [3.63, 3.8) is 0 Å². The molecule has 0 spiro atoms. The Morgan fingerprint density at radius 3 is 2.71 bits per heavy atom. The molecule has 0 saturated heterocycles. The summed E-state index contributed by atoms with van der Waals surface area (Å²) in [7, 11) is 0. The van der Waals surface area contributed by atoms with Gasteiger partial charge in [0.1, 0.15) is 12.2 Å². The summed E-state index contributed by atoms with van der Waals surface area (Å²) in [5, 5.41) is 71.9. The Bertz CT molecular complexity index is 2540. The van der Waals surface area contributed by atoms with Crippen LogP contribution in [0.3, 0.4) is 0 Å². The standard InChI is InChI=1S/C58H76N4O8/c1-35(65)32-61-50(11-7-25-63)57-44-10-6-8-37(44)17-21-49-48(57)31-52(62-49)54(67)34-69-56-26-36(14-22-53(56)66)13-18-43-28-41(33-64)55(70-43)12-5-3-2-4-9-42(59)27-40-16-19-45-46(58(40)68)20-15-38-30-51-39(23-24-60-51)29-47(38)45/h14-16,19-20,22-23,26,28-31,35,37,40,42,44,50,54-55,57-58,61,63-68H,2-13,17-18,21,24-25,27,32-34,59H2,1H3. The molecule has 3 aromatic rings. The van der Waals surface area contributed by atoms with Gasteiger partial charge in [-0.2, -0.15) is 12.0 Å². The topological polar surface area (TPSA) is 203 Å². The number of nitrogens with one attached hydrogen (secondary N) is 1. The first-order valence-corrected chi connectivity index (χ1v) is 26.4. The second-order valence-electron chi connectivity index (χ2n) is 21.0. The maximum absolute atomic E-state index is 11.5. The van der Waals surface area contributed by atoms with Gasteiger partial charge in [0, 0.05) is 50.3 Å². The number of unbranched alkanes of at least 4 members (excludes halogenated alkanes) is 3. The quantitative estimate of drug-likeness (QED) is 0.0350. The Morgan fingerprint density at radius 2 is 1.87 bits per heavy atom. The molecule has 0 aromatic heterocycles. The monoisotopic (exact) mass is 957 g/mol. The van der Waals surface area contributed by atoms with E-state index in [0.717, 1.165) is 133 Å². The fourth-order valence-electron chi connectivity index (χ4n) is 12.4. The predicted molar refractivity (Wildman–Crippen MR) is 275 cm³/mol. The van der Waals surface area contributed by atoms with Crippen molar-refractivity contribution in [3.05, 3.63) is 111 Å². The minimum atomic E-state index is -0.993. The number of benzene rings is 3. The lowest BCUT2D eigenvalue weighted by molar-refractivity contribution is 0.120. The Kier molecular flexibility index (Phi) is 16.7. The zero-order valence-corrected chi connectivity index (χ0v) is 41.0. The van der Waals surface area contributed by atoms with Crippen LogP contribution in [0.5, 0.6) is 11.5 Å². The van der Waals surface area contributed by atoms with Crippen LogP contribution in [0.1, 0.15) is 126 Å². The summed E-state index contributed by atoms with van der Waals surface area (Å²) in [4.78, 5) is 9.56. The summed E-state index contributed by atoms with van der Waals surface area (Å²) in [5.74, 6) is 3.31. The molecule has 10 unspecified atom stereocenters. The predicted octanol–water partition coefficient (Wildman–Crippen LogP) is 6.77. The van der Waals surface area contributed by atoms with Gasteiger partial charge in [0.25, 0.3) is 0 Å². The maximum atomic E-state index is 11.5. The third-order valence-corrected chi connectivity index (χ3v) is 16.0. The molecule has 12 nitrogen and oxygen atoms in total. The van der Waals surface area contributed by atoms with Gasteiger partial charge in [-0.3, -0.25) is 4.99 Å². The van der Waals surface area contributed by atoms with Gasteiger partial charge in [-0.25, -0.2) is 0 Å². The van der Waals surface area contributed by atoms with Crippen LogP contribution in [0.25, 0.3) is 22.9 Å². The molecule has 0 amide bonds. The van der Waals surface area contributed by atoms with Crippen molar-refractivity contribution in [1.29, 1.82) is 0 Å². The number of rotatable bonds is 24. The van der Waals surface area contributed by atoms with E-state index in [-0.39, 0.29) is 55.6 Å². The molecule has 3 aromatic carbocycles.